The Morgan fingerprint density at radius 1 is 1.20 bits per heavy atom. The lowest BCUT2D eigenvalue weighted by Crippen LogP contribution is -2.36. The fourth-order valence-corrected chi connectivity index (χ4v) is 2.96. The molecule has 4 rings (SSSR count). The molecule has 1 saturated heterocycles. The van der Waals surface area contributed by atoms with Gasteiger partial charge in [-0.1, -0.05) is 24.3 Å². The second-order valence-corrected chi connectivity index (χ2v) is 6.56. The number of amides is 1. The van der Waals surface area contributed by atoms with Gasteiger partial charge in [0, 0.05) is 31.5 Å². The molecule has 0 unspecified atom stereocenters. The van der Waals surface area contributed by atoms with Crippen LogP contribution in [0.2, 0.25) is 0 Å². The van der Waals surface area contributed by atoms with Crippen molar-refractivity contribution in [1.82, 2.24) is 24.8 Å². The summed E-state index contributed by atoms with van der Waals surface area (Å²) in [5.74, 6) is -0.146. The van der Waals surface area contributed by atoms with Crippen LogP contribution in [0, 0.1) is 6.92 Å². The number of fused-ring (bicyclic) bond motifs is 1. The van der Waals surface area contributed by atoms with E-state index in [0.717, 1.165) is 23.4 Å². The number of nitrogens with zero attached hydrogens (tertiary/aromatic N) is 4. The van der Waals surface area contributed by atoms with Crippen molar-refractivity contribution in [2.24, 2.45) is 0 Å². The van der Waals surface area contributed by atoms with Crippen molar-refractivity contribution >= 4 is 11.6 Å². The van der Waals surface area contributed by atoms with E-state index in [4.69, 9.17) is 0 Å². The van der Waals surface area contributed by atoms with Gasteiger partial charge >= 0.3 is 0 Å². The number of carbonyl (C=O) groups excluding carboxylic acids is 1. The molecule has 1 fully saturated rings. The molecule has 0 atom stereocenters. The molecule has 25 heavy (non-hydrogen) atoms. The van der Waals surface area contributed by atoms with Gasteiger partial charge in [-0.15, -0.1) is 0 Å². The summed E-state index contributed by atoms with van der Waals surface area (Å²) in [5, 5.41) is 7.23. The summed E-state index contributed by atoms with van der Waals surface area (Å²) in [6, 6.07) is 10.3. The molecule has 6 nitrogen and oxygen atoms in total. The normalized spacial score (nSPS) is 14.4. The van der Waals surface area contributed by atoms with Crippen molar-refractivity contribution in [2.75, 3.05) is 13.1 Å². The molecule has 1 aliphatic rings. The molecule has 1 aliphatic heterocycles. The van der Waals surface area contributed by atoms with Crippen LogP contribution in [-0.2, 0) is 13.1 Å². The molecule has 0 aliphatic carbocycles. The topological polar surface area (TPSA) is 62.5 Å². The van der Waals surface area contributed by atoms with Crippen LogP contribution < -0.4 is 5.32 Å². The third-order valence-electron chi connectivity index (χ3n) is 4.53. The van der Waals surface area contributed by atoms with Crippen LogP contribution in [0.1, 0.15) is 33.6 Å². The molecule has 1 amide bonds. The number of likely N-dealkylation sites (tertiary alicyclic amines) is 1. The molecule has 1 aromatic carbocycles. The van der Waals surface area contributed by atoms with Crippen molar-refractivity contribution in [3.63, 3.8) is 0 Å². The number of rotatable bonds is 5. The van der Waals surface area contributed by atoms with Gasteiger partial charge in [0.1, 0.15) is 0 Å². The summed E-state index contributed by atoms with van der Waals surface area (Å²) in [4.78, 5) is 19.0. The fraction of sp³-hybridized carbons (Fsp3) is 0.316. The van der Waals surface area contributed by atoms with Gasteiger partial charge < -0.3 is 5.32 Å². The van der Waals surface area contributed by atoms with Crippen molar-refractivity contribution < 1.29 is 4.79 Å². The summed E-state index contributed by atoms with van der Waals surface area (Å²) in [6.07, 6.45) is 4.60. The monoisotopic (exact) mass is 335 g/mol. The SMILES string of the molecule is Cc1cc2ncc(C(=O)NCc3ccc(CN4CCC4)cc3)cn2n1. The zero-order valence-electron chi connectivity index (χ0n) is 14.3. The lowest BCUT2D eigenvalue weighted by Gasteiger charge is -2.30. The molecule has 0 spiro atoms. The number of aryl methyl sites for hydroxylation is 1. The second-order valence-electron chi connectivity index (χ2n) is 6.56. The zero-order chi connectivity index (χ0) is 17.2. The maximum Gasteiger partial charge on any atom is 0.254 e. The molecule has 128 valence electrons. The first-order valence-corrected chi connectivity index (χ1v) is 8.58. The number of hydrogen-bond donors (Lipinski definition) is 1. The predicted molar refractivity (Wildman–Crippen MR) is 95.2 cm³/mol. The lowest BCUT2D eigenvalue weighted by molar-refractivity contribution is 0.0950. The number of nitrogens with one attached hydrogen (secondary N) is 1. The van der Waals surface area contributed by atoms with Gasteiger partial charge in [0.15, 0.2) is 5.65 Å². The zero-order valence-corrected chi connectivity index (χ0v) is 14.3. The lowest BCUT2D eigenvalue weighted by atomic mass is 10.1. The largest absolute Gasteiger partial charge is 0.348 e. The molecule has 3 aromatic rings. The van der Waals surface area contributed by atoms with E-state index in [1.54, 1.807) is 16.9 Å². The van der Waals surface area contributed by atoms with Crippen LogP contribution >= 0.6 is 0 Å². The highest BCUT2D eigenvalue weighted by Crippen LogP contribution is 2.13. The van der Waals surface area contributed by atoms with E-state index in [1.165, 1.54) is 25.1 Å². The quantitative estimate of drug-likeness (QED) is 0.776. The minimum absolute atomic E-state index is 0.146. The number of hydrogen-bond acceptors (Lipinski definition) is 4. The highest BCUT2D eigenvalue weighted by atomic mass is 16.1. The van der Waals surface area contributed by atoms with Crippen LogP contribution in [0.15, 0.2) is 42.7 Å². The van der Waals surface area contributed by atoms with Crippen molar-refractivity contribution in [1.29, 1.82) is 0 Å². The molecule has 0 radical (unpaired) electrons. The van der Waals surface area contributed by atoms with Crippen LogP contribution in [0.5, 0.6) is 0 Å². The van der Waals surface area contributed by atoms with E-state index >= 15 is 0 Å². The van der Waals surface area contributed by atoms with Gasteiger partial charge in [-0.2, -0.15) is 5.10 Å². The number of aromatic nitrogens is 3. The van der Waals surface area contributed by atoms with Crippen LogP contribution in [0.4, 0.5) is 0 Å². The minimum atomic E-state index is -0.146. The minimum Gasteiger partial charge on any atom is -0.348 e. The Morgan fingerprint density at radius 2 is 1.96 bits per heavy atom. The van der Waals surface area contributed by atoms with Gasteiger partial charge in [0.25, 0.3) is 5.91 Å². The smallest absolute Gasteiger partial charge is 0.254 e. The van der Waals surface area contributed by atoms with Crippen LogP contribution in [-0.4, -0.2) is 38.5 Å². The van der Waals surface area contributed by atoms with Crippen molar-refractivity contribution in [2.45, 2.75) is 26.4 Å². The van der Waals surface area contributed by atoms with Crippen molar-refractivity contribution in [3.05, 3.63) is 65.1 Å². The summed E-state index contributed by atoms with van der Waals surface area (Å²) >= 11 is 0. The molecule has 3 heterocycles. The maximum absolute atomic E-state index is 12.3. The van der Waals surface area contributed by atoms with E-state index in [2.05, 4.69) is 44.6 Å². The molecule has 1 N–H and O–H groups in total. The van der Waals surface area contributed by atoms with Gasteiger partial charge in [-0.25, -0.2) is 9.50 Å². The van der Waals surface area contributed by atoms with E-state index in [1.807, 2.05) is 13.0 Å². The number of carbonyl (C=O) groups is 1. The Morgan fingerprint density at radius 3 is 2.68 bits per heavy atom. The first-order valence-electron chi connectivity index (χ1n) is 8.58. The average molecular weight is 335 g/mol. The summed E-state index contributed by atoms with van der Waals surface area (Å²) in [6.45, 7) is 5.82. The first-order chi connectivity index (χ1) is 12.2. The van der Waals surface area contributed by atoms with E-state index in [0.29, 0.717) is 12.1 Å². The second kappa shape index (κ2) is 6.64. The fourth-order valence-electron chi connectivity index (χ4n) is 2.96. The van der Waals surface area contributed by atoms with E-state index in [9.17, 15) is 4.79 Å². The predicted octanol–water partition coefficient (Wildman–Crippen LogP) is 2.17. The maximum atomic E-state index is 12.3. The molecule has 0 saturated carbocycles. The Balaban J connectivity index is 1.36. The summed E-state index contributed by atoms with van der Waals surface area (Å²) < 4.78 is 1.63. The van der Waals surface area contributed by atoms with Gasteiger partial charge in [0.2, 0.25) is 0 Å². The molecule has 6 heteroatoms. The summed E-state index contributed by atoms with van der Waals surface area (Å²) in [7, 11) is 0. The van der Waals surface area contributed by atoms with Crippen LogP contribution in [0.3, 0.4) is 0 Å². The molecule has 2 aromatic heterocycles. The van der Waals surface area contributed by atoms with Gasteiger partial charge in [-0.05, 0) is 37.6 Å². The molecule has 0 bridgehead atoms. The standard InChI is InChI=1S/C19H21N5O/c1-14-9-18-20-11-17(13-24(18)22-14)19(25)21-10-15-3-5-16(6-4-15)12-23-7-2-8-23/h3-6,9,11,13H,2,7-8,10,12H2,1H3,(H,21,25). The third kappa shape index (κ3) is 3.53. The Bertz CT molecular complexity index is 896. The highest BCUT2D eigenvalue weighted by molar-refractivity contribution is 5.93. The van der Waals surface area contributed by atoms with Gasteiger partial charge in [0.05, 0.1) is 11.3 Å². The summed E-state index contributed by atoms with van der Waals surface area (Å²) in [5.41, 5.74) is 4.53. The Hall–Kier alpha value is -2.73. The Kier molecular flexibility index (Phi) is 4.19. The molecular formula is C19H21N5O. The first kappa shape index (κ1) is 15.8. The third-order valence-corrected chi connectivity index (χ3v) is 4.53. The van der Waals surface area contributed by atoms with E-state index in [-0.39, 0.29) is 5.91 Å². The van der Waals surface area contributed by atoms with Crippen molar-refractivity contribution in [3.8, 4) is 0 Å². The van der Waals surface area contributed by atoms with E-state index < -0.39 is 0 Å². The highest BCUT2D eigenvalue weighted by Gasteiger charge is 2.13. The molecular weight excluding hydrogens is 314 g/mol. The number of benzene rings is 1. The van der Waals surface area contributed by atoms with Gasteiger partial charge in [-0.3, -0.25) is 9.69 Å². The van der Waals surface area contributed by atoms with Crippen LogP contribution in [0.25, 0.3) is 5.65 Å². The average Bonchev–Trinajstić information content (AvgIpc) is 2.96. The Labute approximate surface area is 146 Å².